The predicted molar refractivity (Wildman–Crippen MR) is 72.1 cm³/mol. The van der Waals surface area contributed by atoms with Gasteiger partial charge in [0.05, 0.1) is 0 Å². The first-order valence-electron chi connectivity index (χ1n) is 6.59. The number of aromatic nitrogens is 3. The zero-order valence-electron chi connectivity index (χ0n) is 11.8. The number of carboxylic acid groups (broad SMARTS) is 1. The van der Waals surface area contributed by atoms with Crippen LogP contribution in [0.1, 0.15) is 25.6 Å². The molecule has 1 unspecified atom stereocenters. The molecule has 1 heterocycles. The molecule has 1 aromatic heterocycles. The van der Waals surface area contributed by atoms with E-state index in [4.69, 9.17) is 5.11 Å². The lowest BCUT2D eigenvalue weighted by Crippen LogP contribution is -2.39. The fourth-order valence-electron chi connectivity index (χ4n) is 1.69. The average Bonchev–Trinajstić information content (AvgIpc) is 2.80. The molecule has 2 amide bonds. The molecule has 0 aromatic carbocycles. The molecule has 0 aliphatic heterocycles. The molecule has 1 atom stereocenters. The van der Waals surface area contributed by atoms with E-state index in [0.29, 0.717) is 31.8 Å². The maximum absolute atomic E-state index is 11.5. The number of carbonyl (C=O) groups excluding carboxylic acids is 1. The molecule has 0 bridgehead atoms. The second kappa shape index (κ2) is 8.13. The van der Waals surface area contributed by atoms with E-state index in [1.165, 1.54) is 0 Å². The molecule has 0 fully saturated rings. The van der Waals surface area contributed by atoms with Crippen molar-refractivity contribution >= 4 is 12.0 Å². The number of nitrogens with zero attached hydrogens (tertiary/aromatic N) is 3. The molecule has 1 rings (SSSR count). The van der Waals surface area contributed by atoms with E-state index >= 15 is 0 Å². The van der Waals surface area contributed by atoms with Crippen molar-refractivity contribution in [3.63, 3.8) is 0 Å². The van der Waals surface area contributed by atoms with Crippen molar-refractivity contribution in [1.82, 2.24) is 25.4 Å². The largest absolute Gasteiger partial charge is 0.481 e. The molecule has 0 saturated carbocycles. The molecule has 0 aliphatic carbocycles. The average molecular weight is 283 g/mol. The summed E-state index contributed by atoms with van der Waals surface area (Å²) in [5.74, 6) is -0.221. The highest BCUT2D eigenvalue weighted by Crippen LogP contribution is 2.06. The fourth-order valence-corrected chi connectivity index (χ4v) is 1.69. The summed E-state index contributed by atoms with van der Waals surface area (Å²) in [5.41, 5.74) is 0. The zero-order valence-corrected chi connectivity index (χ0v) is 11.8. The van der Waals surface area contributed by atoms with Crippen molar-refractivity contribution < 1.29 is 14.7 Å². The second-order valence-electron chi connectivity index (χ2n) is 4.59. The van der Waals surface area contributed by atoms with Crippen LogP contribution in [0.2, 0.25) is 0 Å². The topological polar surface area (TPSA) is 109 Å². The standard InChI is InChI=1S/C12H21N5O3/c1-3-9(6-11(18)19)7-14-12(20)13-5-4-10-15-8-17(2)16-10/h8-9H,3-7H2,1-2H3,(H,18,19)(H2,13,14,20). The summed E-state index contributed by atoms with van der Waals surface area (Å²) in [7, 11) is 1.78. The Morgan fingerprint density at radius 2 is 2.20 bits per heavy atom. The normalized spacial score (nSPS) is 11.9. The van der Waals surface area contributed by atoms with Crippen LogP contribution in [-0.2, 0) is 18.3 Å². The summed E-state index contributed by atoms with van der Waals surface area (Å²) in [6.07, 6.45) is 2.94. The highest BCUT2D eigenvalue weighted by atomic mass is 16.4. The van der Waals surface area contributed by atoms with Crippen LogP contribution in [0.3, 0.4) is 0 Å². The van der Waals surface area contributed by atoms with Crippen LogP contribution < -0.4 is 10.6 Å². The molecule has 1 aromatic rings. The van der Waals surface area contributed by atoms with Gasteiger partial charge in [-0.15, -0.1) is 0 Å². The molecule has 3 N–H and O–H groups in total. The Balaban J connectivity index is 2.18. The lowest BCUT2D eigenvalue weighted by atomic mass is 10.0. The van der Waals surface area contributed by atoms with Gasteiger partial charge in [0.25, 0.3) is 0 Å². The second-order valence-corrected chi connectivity index (χ2v) is 4.59. The lowest BCUT2D eigenvalue weighted by molar-refractivity contribution is -0.138. The van der Waals surface area contributed by atoms with Gasteiger partial charge in [-0.3, -0.25) is 9.48 Å². The molecule has 0 radical (unpaired) electrons. The Labute approximate surface area is 117 Å². The summed E-state index contributed by atoms with van der Waals surface area (Å²) < 4.78 is 1.60. The molecule has 20 heavy (non-hydrogen) atoms. The number of carbonyl (C=O) groups is 2. The predicted octanol–water partition coefficient (Wildman–Crippen LogP) is 0.158. The third kappa shape index (κ3) is 6.17. The molecule has 0 saturated heterocycles. The number of carboxylic acids is 1. The molecular weight excluding hydrogens is 262 g/mol. The van der Waals surface area contributed by atoms with Crippen LogP contribution in [0.4, 0.5) is 4.79 Å². The number of urea groups is 1. The Morgan fingerprint density at radius 3 is 2.75 bits per heavy atom. The van der Waals surface area contributed by atoms with Gasteiger partial charge in [0.1, 0.15) is 6.33 Å². The first-order chi connectivity index (χ1) is 9.51. The zero-order chi connectivity index (χ0) is 15.0. The minimum absolute atomic E-state index is 0.0456. The lowest BCUT2D eigenvalue weighted by Gasteiger charge is -2.13. The summed E-state index contributed by atoms with van der Waals surface area (Å²) >= 11 is 0. The Bertz CT molecular complexity index is 446. The maximum atomic E-state index is 11.5. The fraction of sp³-hybridized carbons (Fsp3) is 0.667. The van der Waals surface area contributed by atoms with Gasteiger partial charge < -0.3 is 15.7 Å². The molecule has 112 valence electrons. The Kier molecular flexibility index (Phi) is 6.48. The van der Waals surface area contributed by atoms with Gasteiger partial charge in [0.2, 0.25) is 0 Å². The number of nitrogens with one attached hydrogen (secondary N) is 2. The van der Waals surface area contributed by atoms with E-state index in [2.05, 4.69) is 20.7 Å². The van der Waals surface area contributed by atoms with Crippen LogP contribution >= 0.6 is 0 Å². The minimum atomic E-state index is -0.847. The number of aliphatic carboxylic acids is 1. The van der Waals surface area contributed by atoms with Crippen molar-refractivity contribution in [2.24, 2.45) is 13.0 Å². The van der Waals surface area contributed by atoms with Crippen molar-refractivity contribution in [2.45, 2.75) is 26.2 Å². The van der Waals surface area contributed by atoms with Crippen molar-refractivity contribution in [3.8, 4) is 0 Å². The first-order valence-corrected chi connectivity index (χ1v) is 6.59. The van der Waals surface area contributed by atoms with Gasteiger partial charge in [-0.05, 0) is 5.92 Å². The molecule has 8 nitrogen and oxygen atoms in total. The van der Waals surface area contributed by atoms with Crippen LogP contribution in [0.15, 0.2) is 6.33 Å². The number of aryl methyl sites for hydroxylation is 1. The Hall–Kier alpha value is -2.12. The van der Waals surface area contributed by atoms with Gasteiger partial charge in [0, 0.05) is 33.0 Å². The maximum Gasteiger partial charge on any atom is 0.314 e. The van der Waals surface area contributed by atoms with E-state index < -0.39 is 5.97 Å². The third-order valence-corrected chi connectivity index (χ3v) is 2.87. The summed E-state index contributed by atoms with van der Waals surface area (Å²) in [6, 6.07) is -0.301. The van der Waals surface area contributed by atoms with Crippen LogP contribution in [-0.4, -0.2) is 45.0 Å². The van der Waals surface area contributed by atoms with E-state index in [9.17, 15) is 9.59 Å². The van der Waals surface area contributed by atoms with Crippen LogP contribution in [0.5, 0.6) is 0 Å². The van der Waals surface area contributed by atoms with Crippen molar-refractivity contribution in [2.75, 3.05) is 13.1 Å². The van der Waals surface area contributed by atoms with Gasteiger partial charge in [0.15, 0.2) is 5.82 Å². The van der Waals surface area contributed by atoms with Gasteiger partial charge in [-0.25, -0.2) is 9.78 Å². The summed E-state index contributed by atoms with van der Waals surface area (Å²) in [5, 5.41) is 18.2. The van der Waals surface area contributed by atoms with E-state index in [1.54, 1.807) is 18.1 Å². The highest BCUT2D eigenvalue weighted by molar-refractivity contribution is 5.74. The van der Waals surface area contributed by atoms with E-state index in [-0.39, 0.29) is 18.4 Å². The third-order valence-electron chi connectivity index (χ3n) is 2.87. The number of amides is 2. The summed E-state index contributed by atoms with van der Waals surface area (Å²) in [4.78, 5) is 26.2. The van der Waals surface area contributed by atoms with Crippen LogP contribution in [0, 0.1) is 5.92 Å². The van der Waals surface area contributed by atoms with E-state index in [1.807, 2.05) is 6.92 Å². The van der Waals surface area contributed by atoms with Crippen molar-refractivity contribution in [1.29, 1.82) is 0 Å². The first kappa shape index (κ1) is 15.9. The Morgan fingerprint density at radius 1 is 1.45 bits per heavy atom. The van der Waals surface area contributed by atoms with Gasteiger partial charge in [-0.1, -0.05) is 13.3 Å². The number of hydrogen-bond donors (Lipinski definition) is 3. The number of rotatable bonds is 8. The molecular formula is C12H21N5O3. The molecule has 8 heteroatoms. The SMILES string of the molecule is CCC(CNC(=O)NCCc1ncn(C)n1)CC(=O)O. The van der Waals surface area contributed by atoms with Crippen LogP contribution in [0.25, 0.3) is 0 Å². The molecule has 0 spiro atoms. The van der Waals surface area contributed by atoms with Gasteiger partial charge >= 0.3 is 12.0 Å². The molecule has 0 aliphatic rings. The summed E-state index contributed by atoms with van der Waals surface area (Å²) in [6.45, 7) is 2.70. The van der Waals surface area contributed by atoms with Crippen molar-refractivity contribution in [3.05, 3.63) is 12.2 Å². The number of hydrogen-bond acceptors (Lipinski definition) is 4. The smallest absolute Gasteiger partial charge is 0.314 e. The van der Waals surface area contributed by atoms with Gasteiger partial charge in [-0.2, -0.15) is 5.10 Å². The minimum Gasteiger partial charge on any atom is -0.481 e. The quantitative estimate of drug-likeness (QED) is 0.629. The monoisotopic (exact) mass is 283 g/mol. The van der Waals surface area contributed by atoms with E-state index in [0.717, 1.165) is 0 Å². The highest BCUT2D eigenvalue weighted by Gasteiger charge is 2.12.